The van der Waals surface area contributed by atoms with Crippen LogP contribution in [0.2, 0.25) is 0 Å². The van der Waals surface area contributed by atoms with Crippen molar-refractivity contribution in [3.63, 3.8) is 0 Å². The van der Waals surface area contributed by atoms with Gasteiger partial charge in [0.15, 0.2) is 0 Å². The molecule has 4 rings (SSSR count). The second kappa shape index (κ2) is 5.10. The molecule has 0 aliphatic heterocycles. The zero-order chi connectivity index (χ0) is 15.5. The van der Waals surface area contributed by atoms with Crippen LogP contribution in [-0.4, -0.2) is 11.2 Å². The Hall–Kier alpha value is -0.300. The number of aliphatic hydroxyl groups is 1. The highest BCUT2D eigenvalue weighted by molar-refractivity contribution is 5.25. The van der Waals surface area contributed by atoms with E-state index < -0.39 is 0 Å². The van der Waals surface area contributed by atoms with Gasteiger partial charge in [-0.15, -0.1) is 0 Å². The van der Waals surface area contributed by atoms with E-state index in [1.807, 2.05) is 0 Å². The third kappa shape index (κ3) is 1.93. The molecule has 0 aromatic rings. The van der Waals surface area contributed by atoms with Crippen LogP contribution in [0, 0.1) is 34.5 Å². The van der Waals surface area contributed by atoms with E-state index in [2.05, 4.69) is 26.8 Å². The fraction of sp³-hybridized carbons (Fsp3) is 0.905. The normalized spacial score (nSPS) is 54.2. The summed E-state index contributed by atoms with van der Waals surface area (Å²) < 4.78 is 0. The van der Waals surface area contributed by atoms with Crippen LogP contribution in [-0.2, 0) is 0 Å². The molecule has 0 spiro atoms. The standard InChI is InChI=1S/C21H34O/c1-4-14-6-8-18-17-7-5-15-13-16(22)9-11-21(15,3)19(17)10-12-20(14,18)2/h5,14,16-19,22H,4,6-13H2,1-3H3/t14?,16-,17-,18-,19-,20+,21-/m0/s1. The van der Waals surface area contributed by atoms with Crippen LogP contribution in [0.15, 0.2) is 11.6 Å². The van der Waals surface area contributed by atoms with Crippen molar-refractivity contribution in [1.29, 1.82) is 0 Å². The zero-order valence-electron chi connectivity index (χ0n) is 14.8. The fourth-order valence-electron chi connectivity index (χ4n) is 7.42. The molecule has 0 radical (unpaired) electrons. The highest BCUT2D eigenvalue weighted by Crippen LogP contribution is 2.66. The molecule has 0 amide bonds. The minimum atomic E-state index is -0.0688. The van der Waals surface area contributed by atoms with Crippen molar-refractivity contribution in [2.75, 3.05) is 0 Å². The van der Waals surface area contributed by atoms with Gasteiger partial charge in [0, 0.05) is 0 Å². The number of hydrogen-bond donors (Lipinski definition) is 1. The van der Waals surface area contributed by atoms with Gasteiger partial charge < -0.3 is 5.11 Å². The summed E-state index contributed by atoms with van der Waals surface area (Å²) in [7, 11) is 0. The highest BCUT2D eigenvalue weighted by Gasteiger charge is 2.57. The van der Waals surface area contributed by atoms with Gasteiger partial charge in [-0.05, 0) is 85.9 Å². The van der Waals surface area contributed by atoms with Crippen LogP contribution >= 0.6 is 0 Å². The largest absolute Gasteiger partial charge is 0.393 e. The average molecular weight is 303 g/mol. The van der Waals surface area contributed by atoms with Gasteiger partial charge in [-0.1, -0.05) is 38.8 Å². The Morgan fingerprint density at radius 3 is 2.68 bits per heavy atom. The first-order chi connectivity index (χ1) is 10.5. The van der Waals surface area contributed by atoms with Crippen molar-refractivity contribution in [3.05, 3.63) is 11.6 Å². The van der Waals surface area contributed by atoms with Crippen molar-refractivity contribution in [1.82, 2.24) is 0 Å². The zero-order valence-corrected chi connectivity index (χ0v) is 14.8. The van der Waals surface area contributed by atoms with Gasteiger partial charge >= 0.3 is 0 Å². The molecule has 1 N–H and O–H groups in total. The van der Waals surface area contributed by atoms with Crippen molar-refractivity contribution >= 4 is 0 Å². The molecule has 0 aromatic carbocycles. The Labute approximate surface area is 136 Å². The van der Waals surface area contributed by atoms with E-state index in [1.54, 1.807) is 5.57 Å². The molecular weight excluding hydrogens is 268 g/mol. The van der Waals surface area contributed by atoms with E-state index in [9.17, 15) is 5.11 Å². The lowest BCUT2D eigenvalue weighted by Gasteiger charge is -2.58. The SMILES string of the molecule is CCC1CC[C@H]2[C@@H]3CC=C4C[C@@H](O)CC[C@]4(C)[C@H]3CC[C@]12C. The summed E-state index contributed by atoms with van der Waals surface area (Å²) in [5.74, 6) is 3.77. The molecule has 124 valence electrons. The quantitative estimate of drug-likeness (QED) is 0.648. The lowest BCUT2D eigenvalue weighted by atomic mass is 9.47. The average Bonchev–Trinajstić information content (AvgIpc) is 2.84. The number of rotatable bonds is 1. The molecule has 0 saturated heterocycles. The van der Waals surface area contributed by atoms with Crippen LogP contribution in [0.4, 0.5) is 0 Å². The third-order valence-corrected chi connectivity index (χ3v) is 8.77. The first kappa shape index (κ1) is 15.2. The number of allylic oxidation sites excluding steroid dienone is 1. The van der Waals surface area contributed by atoms with Crippen LogP contribution in [0.3, 0.4) is 0 Å². The summed E-state index contributed by atoms with van der Waals surface area (Å²) in [5, 5.41) is 10.1. The predicted molar refractivity (Wildman–Crippen MR) is 91.5 cm³/mol. The molecule has 22 heavy (non-hydrogen) atoms. The van der Waals surface area contributed by atoms with Gasteiger partial charge in [-0.25, -0.2) is 0 Å². The van der Waals surface area contributed by atoms with Gasteiger partial charge in [0.25, 0.3) is 0 Å². The monoisotopic (exact) mass is 302 g/mol. The molecule has 1 nitrogen and oxygen atoms in total. The van der Waals surface area contributed by atoms with Gasteiger partial charge in [0.05, 0.1) is 6.10 Å². The molecule has 1 heteroatoms. The van der Waals surface area contributed by atoms with Crippen molar-refractivity contribution in [2.45, 2.75) is 84.7 Å². The van der Waals surface area contributed by atoms with E-state index in [4.69, 9.17) is 0 Å². The Balaban J connectivity index is 1.66. The first-order valence-corrected chi connectivity index (χ1v) is 9.86. The van der Waals surface area contributed by atoms with Gasteiger partial charge in [-0.2, -0.15) is 0 Å². The molecule has 1 unspecified atom stereocenters. The lowest BCUT2D eigenvalue weighted by Crippen LogP contribution is -2.50. The second-order valence-corrected chi connectivity index (χ2v) is 9.38. The van der Waals surface area contributed by atoms with Crippen LogP contribution in [0.5, 0.6) is 0 Å². The molecule has 0 bridgehead atoms. The smallest absolute Gasteiger partial charge is 0.0577 e. The molecule has 3 saturated carbocycles. The van der Waals surface area contributed by atoms with E-state index in [-0.39, 0.29) is 6.10 Å². The molecule has 4 aliphatic carbocycles. The molecule has 4 aliphatic rings. The minimum Gasteiger partial charge on any atom is -0.393 e. The van der Waals surface area contributed by atoms with E-state index in [0.717, 1.165) is 36.5 Å². The molecule has 7 atom stereocenters. The van der Waals surface area contributed by atoms with Crippen LogP contribution in [0.1, 0.15) is 78.6 Å². The van der Waals surface area contributed by atoms with Gasteiger partial charge in [0.1, 0.15) is 0 Å². The van der Waals surface area contributed by atoms with Crippen LogP contribution < -0.4 is 0 Å². The summed E-state index contributed by atoms with van der Waals surface area (Å²) in [4.78, 5) is 0. The summed E-state index contributed by atoms with van der Waals surface area (Å²) >= 11 is 0. The Morgan fingerprint density at radius 2 is 1.91 bits per heavy atom. The minimum absolute atomic E-state index is 0.0688. The number of fused-ring (bicyclic) bond motifs is 5. The molecule has 0 aromatic heterocycles. The summed E-state index contributed by atoms with van der Waals surface area (Å²) in [6.45, 7) is 7.57. The number of hydrogen-bond acceptors (Lipinski definition) is 1. The summed E-state index contributed by atoms with van der Waals surface area (Å²) in [6, 6.07) is 0. The fourth-order valence-corrected chi connectivity index (χ4v) is 7.42. The van der Waals surface area contributed by atoms with E-state index in [0.29, 0.717) is 10.8 Å². The van der Waals surface area contributed by atoms with Gasteiger partial charge in [-0.3, -0.25) is 0 Å². The Kier molecular flexibility index (Phi) is 3.53. The maximum atomic E-state index is 10.1. The lowest BCUT2D eigenvalue weighted by molar-refractivity contribution is -0.0500. The van der Waals surface area contributed by atoms with Crippen LogP contribution in [0.25, 0.3) is 0 Å². The van der Waals surface area contributed by atoms with E-state index in [1.165, 1.54) is 44.9 Å². The Morgan fingerprint density at radius 1 is 1.09 bits per heavy atom. The Bertz CT molecular complexity index is 480. The third-order valence-electron chi connectivity index (χ3n) is 8.77. The van der Waals surface area contributed by atoms with Crippen molar-refractivity contribution in [2.24, 2.45) is 34.5 Å². The summed E-state index contributed by atoms with van der Waals surface area (Å²) in [6.07, 6.45) is 14.3. The maximum absolute atomic E-state index is 10.1. The first-order valence-electron chi connectivity index (χ1n) is 9.86. The highest BCUT2D eigenvalue weighted by atomic mass is 16.3. The van der Waals surface area contributed by atoms with Crippen molar-refractivity contribution < 1.29 is 5.11 Å². The maximum Gasteiger partial charge on any atom is 0.0577 e. The van der Waals surface area contributed by atoms with Gasteiger partial charge in [0.2, 0.25) is 0 Å². The summed E-state index contributed by atoms with van der Waals surface area (Å²) in [5.41, 5.74) is 2.65. The molecular formula is C21H34O. The van der Waals surface area contributed by atoms with Crippen molar-refractivity contribution in [3.8, 4) is 0 Å². The van der Waals surface area contributed by atoms with E-state index >= 15 is 0 Å². The number of aliphatic hydroxyl groups excluding tert-OH is 1. The topological polar surface area (TPSA) is 20.2 Å². The molecule has 0 heterocycles. The second-order valence-electron chi connectivity index (χ2n) is 9.38. The predicted octanol–water partition coefficient (Wildman–Crippen LogP) is 5.34. The molecule has 3 fully saturated rings.